The maximum Gasteiger partial charge on any atom is 0.411 e. The van der Waals surface area contributed by atoms with Crippen LogP contribution in [0.3, 0.4) is 0 Å². The number of hydrogen-bond acceptors (Lipinski definition) is 2. The van der Waals surface area contributed by atoms with E-state index >= 15 is 0 Å². The zero-order valence-electron chi connectivity index (χ0n) is 14.9. The molecule has 0 heterocycles. The highest BCUT2D eigenvalue weighted by molar-refractivity contribution is 14.0. The number of alkyl halides is 3. The number of benzene rings is 1. The maximum absolute atomic E-state index is 11.9. The van der Waals surface area contributed by atoms with Gasteiger partial charge in [-0.05, 0) is 32.3 Å². The molecule has 0 aliphatic rings. The first-order valence-corrected chi connectivity index (χ1v) is 7.96. The minimum absolute atomic E-state index is 0. The second-order valence-corrected chi connectivity index (χ2v) is 5.69. The van der Waals surface area contributed by atoms with Crippen LogP contribution in [0.2, 0.25) is 0 Å². The van der Waals surface area contributed by atoms with Gasteiger partial charge < -0.3 is 15.4 Å². The van der Waals surface area contributed by atoms with Crippen LogP contribution in [0.4, 0.5) is 13.2 Å². The first-order chi connectivity index (χ1) is 11.3. The number of rotatable bonds is 8. The van der Waals surface area contributed by atoms with Gasteiger partial charge in [-0.1, -0.05) is 29.3 Å². The summed E-state index contributed by atoms with van der Waals surface area (Å²) >= 11 is 0. The molecule has 144 valence electrons. The van der Waals surface area contributed by atoms with E-state index < -0.39 is 12.8 Å². The molecular weight excluding hydrogens is 446 g/mol. The summed E-state index contributed by atoms with van der Waals surface area (Å²) < 4.78 is 40.3. The number of aryl methyl sites for hydroxylation is 2. The van der Waals surface area contributed by atoms with E-state index in [1.165, 1.54) is 16.7 Å². The van der Waals surface area contributed by atoms with Gasteiger partial charge in [0.1, 0.15) is 6.61 Å². The van der Waals surface area contributed by atoms with E-state index in [2.05, 4.69) is 52.4 Å². The van der Waals surface area contributed by atoms with E-state index in [9.17, 15) is 13.2 Å². The van der Waals surface area contributed by atoms with Gasteiger partial charge in [0.05, 0.1) is 0 Å². The van der Waals surface area contributed by atoms with Crippen molar-refractivity contribution in [1.82, 2.24) is 10.6 Å². The molecule has 0 unspecified atom stereocenters. The van der Waals surface area contributed by atoms with E-state index in [0.29, 0.717) is 18.9 Å². The average Bonchev–Trinajstić information content (AvgIpc) is 2.46. The van der Waals surface area contributed by atoms with Crippen LogP contribution in [-0.2, 0) is 11.2 Å². The number of nitrogens with zero attached hydrogens (tertiary/aromatic N) is 1. The van der Waals surface area contributed by atoms with Crippen LogP contribution in [0.1, 0.15) is 23.1 Å². The Balaban J connectivity index is 0.00000576. The average molecular weight is 473 g/mol. The molecule has 0 radical (unpaired) electrons. The fraction of sp³-hybridized carbons (Fsp3) is 0.588. The Bertz CT molecular complexity index is 516. The molecule has 0 bridgehead atoms. The molecule has 8 heteroatoms. The molecule has 0 spiro atoms. The number of hydrogen-bond donors (Lipinski definition) is 2. The molecule has 0 aliphatic carbocycles. The van der Waals surface area contributed by atoms with Crippen molar-refractivity contribution in [1.29, 1.82) is 0 Å². The van der Waals surface area contributed by atoms with E-state index in [0.717, 1.165) is 13.0 Å². The van der Waals surface area contributed by atoms with Crippen LogP contribution < -0.4 is 10.6 Å². The Labute approximate surface area is 164 Å². The van der Waals surface area contributed by atoms with Crippen LogP contribution in [0.25, 0.3) is 0 Å². The van der Waals surface area contributed by atoms with Crippen LogP contribution in [0, 0.1) is 13.8 Å². The van der Waals surface area contributed by atoms with Crippen molar-refractivity contribution in [2.75, 3.05) is 33.4 Å². The number of ether oxygens (including phenoxy) is 1. The third-order valence-electron chi connectivity index (χ3n) is 3.23. The molecule has 4 nitrogen and oxygen atoms in total. The molecule has 0 atom stereocenters. The SMILES string of the molecule is CN=C(NCCCOCC(F)(F)F)NCCc1cc(C)cc(C)c1.I. The second-order valence-electron chi connectivity index (χ2n) is 5.69. The topological polar surface area (TPSA) is 45.7 Å². The summed E-state index contributed by atoms with van der Waals surface area (Å²) in [5.74, 6) is 0.634. The minimum atomic E-state index is -4.26. The Morgan fingerprint density at radius 3 is 2.24 bits per heavy atom. The quantitative estimate of drug-likeness (QED) is 0.263. The zero-order chi connectivity index (χ0) is 18.0. The lowest BCUT2D eigenvalue weighted by molar-refractivity contribution is -0.173. The lowest BCUT2D eigenvalue weighted by atomic mass is 10.1. The standard InChI is InChI=1S/C17H26F3N3O.HI/c1-13-9-14(2)11-15(10-13)5-7-23-16(21-3)22-6-4-8-24-12-17(18,19)20;/h9-11H,4-8,12H2,1-3H3,(H2,21,22,23);1H. The molecule has 0 saturated heterocycles. The Kier molecular flexibility index (Phi) is 11.8. The summed E-state index contributed by atoms with van der Waals surface area (Å²) in [6, 6.07) is 6.45. The van der Waals surface area contributed by atoms with Crippen molar-refractivity contribution in [3.05, 3.63) is 34.9 Å². The van der Waals surface area contributed by atoms with Gasteiger partial charge in [-0.3, -0.25) is 4.99 Å². The van der Waals surface area contributed by atoms with E-state index in [-0.39, 0.29) is 30.6 Å². The van der Waals surface area contributed by atoms with Crippen molar-refractivity contribution >= 4 is 29.9 Å². The van der Waals surface area contributed by atoms with Gasteiger partial charge >= 0.3 is 6.18 Å². The van der Waals surface area contributed by atoms with E-state index in [1.54, 1.807) is 7.05 Å². The molecule has 0 fully saturated rings. The molecule has 0 amide bonds. The number of guanidine groups is 1. The van der Waals surface area contributed by atoms with Crippen molar-refractivity contribution < 1.29 is 17.9 Å². The fourth-order valence-electron chi connectivity index (χ4n) is 2.33. The molecule has 1 rings (SSSR count). The molecule has 0 aliphatic heterocycles. The number of halogens is 4. The maximum atomic E-state index is 11.9. The summed E-state index contributed by atoms with van der Waals surface area (Å²) in [7, 11) is 1.66. The Morgan fingerprint density at radius 2 is 1.68 bits per heavy atom. The van der Waals surface area contributed by atoms with Crippen LogP contribution in [-0.4, -0.2) is 45.5 Å². The second kappa shape index (κ2) is 12.3. The smallest absolute Gasteiger partial charge is 0.372 e. The Morgan fingerprint density at radius 1 is 1.08 bits per heavy atom. The molecule has 2 N–H and O–H groups in total. The molecular formula is C17H27F3IN3O. The van der Waals surface area contributed by atoms with Gasteiger partial charge in [0, 0.05) is 26.7 Å². The predicted molar refractivity (Wildman–Crippen MR) is 106 cm³/mol. The fourth-order valence-corrected chi connectivity index (χ4v) is 2.33. The number of aliphatic imine (C=N–C) groups is 1. The van der Waals surface area contributed by atoms with Crippen molar-refractivity contribution in [2.45, 2.75) is 32.9 Å². The van der Waals surface area contributed by atoms with Crippen molar-refractivity contribution in [3.63, 3.8) is 0 Å². The number of nitrogens with one attached hydrogen (secondary N) is 2. The van der Waals surface area contributed by atoms with Crippen LogP contribution in [0.15, 0.2) is 23.2 Å². The molecule has 0 aromatic heterocycles. The summed E-state index contributed by atoms with van der Waals surface area (Å²) in [5.41, 5.74) is 3.74. The van der Waals surface area contributed by atoms with Gasteiger partial charge in [0.25, 0.3) is 0 Å². The van der Waals surface area contributed by atoms with Gasteiger partial charge in [-0.25, -0.2) is 0 Å². The van der Waals surface area contributed by atoms with Gasteiger partial charge in [0.2, 0.25) is 0 Å². The van der Waals surface area contributed by atoms with Crippen molar-refractivity contribution in [3.8, 4) is 0 Å². The molecule has 25 heavy (non-hydrogen) atoms. The molecule has 1 aromatic rings. The van der Waals surface area contributed by atoms with Gasteiger partial charge in [0.15, 0.2) is 5.96 Å². The third-order valence-corrected chi connectivity index (χ3v) is 3.23. The first-order valence-electron chi connectivity index (χ1n) is 7.96. The normalized spacial score (nSPS) is 11.8. The van der Waals surface area contributed by atoms with E-state index in [4.69, 9.17) is 0 Å². The largest absolute Gasteiger partial charge is 0.411 e. The molecule has 1 aromatic carbocycles. The molecule has 0 saturated carbocycles. The van der Waals surface area contributed by atoms with Gasteiger partial charge in [-0.15, -0.1) is 24.0 Å². The lowest BCUT2D eigenvalue weighted by Crippen LogP contribution is -2.39. The van der Waals surface area contributed by atoms with Gasteiger partial charge in [-0.2, -0.15) is 13.2 Å². The highest BCUT2D eigenvalue weighted by Crippen LogP contribution is 2.14. The lowest BCUT2D eigenvalue weighted by Gasteiger charge is -2.13. The highest BCUT2D eigenvalue weighted by Gasteiger charge is 2.27. The summed E-state index contributed by atoms with van der Waals surface area (Å²) in [4.78, 5) is 4.09. The minimum Gasteiger partial charge on any atom is -0.372 e. The first kappa shape index (κ1) is 24.0. The third kappa shape index (κ3) is 12.0. The Hall–Kier alpha value is -1.03. The summed E-state index contributed by atoms with van der Waals surface area (Å²) in [6.07, 6.45) is -2.91. The summed E-state index contributed by atoms with van der Waals surface area (Å²) in [6.45, 7) is 4.24. The zero-order valence-corrected chi connectivity index (χ0v) is 17.2. The predicted octanol–water partition coefficient (Wildman–Crippen LogP) is 3.60. The van der Waals surface area contributed by atoms with Crippen molar-refractivity contribution in [2.24, 2.45) is 4.99 Å². The van der Waals surface area contributed by atoms with Crippen LogP contribution in [0.5, 0.6) is 0 Å². The summed E-state index contributed by atoms with van der Waals surface area (Å²) in [5, 5.41) is 6.24. The highest BCUT2D eigenvalue weighted by atomic mass is 127. The van der Waals surface area contributed by atoms with E-state index in [1.807, 2.05) is 0 Å². The monoisotopic (exact) mass is 473 g/mol. The van der Waals surface area contributed by atoms with Crippen LogP contribution >= 0.6 is 24.0 Å².